The molecule has 1 aromatic carbocycles. The van der Waals surface area contributed by atoms with Gasteiger partial charge in [0.25, 0.3) is 5.91 Å². The molecule has 1 saturated heterocycles. The standard InChI is InChI=1S/C19H23ClN4O2/c1-13-17(14(2)22(3)21-13)12-18(25)23-7-9-24(10-8-23)19(26)15-5-4-6-16(20)11-15/h4-6,11H,7-10,12H2,1-3H3. The van der Waals surface area contributed by atoms with Gasteiger partial charge < -0.3 is 9.80 Å². The zero-order valence-corrected chi connectivity index (χ0v) is 16.1. The van der Waals surface area contributed by atoms with E-state index in [9.17, 15) is 9.59 Å². The third kappa shape index (κ3) is 3.75. The number of benzene rings is 1. The number of halogens is 1. The average molecular weight is 375 g/mol. The summed E-state index contributed by atoms with van der Waals surface area (Å²) in [5.74, 6) is 0.0394. The number of rotatable bonds is 3. The first-order valence-corrected chi connectivity index (χ1v) is 9.06. The lowest BCUT2D eigenvalue weighted by Gasteiger charge is -2.35. The lowest BCUT2D eigenvalue weighted by atomic mass is 10.1. The van der Waals surface area contributed by atoms with Gasteiger partial charge in [0.05, 0.1) is 12.1 Å². The van der Waals surface area contributed by atoms with Crippen LogP contribution in [0.25, 0.3) is 0 Å². The smallest absolute Gasteiger partial charge is 0.254 e. The van der Waals surface area contributed by atoms with Crippen LogP contribution < -0.4 is 0 Å². The Morgan fingerprint density at radius 3 is 2.35 bits per heavy atom. The molecule has 1 aliphatic rings. The van der Waals surface area contributed by atoms with Crippen molar-refractivity contribution in [1.82, 2.24) is 19.6 Å². The molecular formula is C19H23ClN4O2. The van der Waals surface area contributed by atoms with Crippen molar-refractivity contribution < 1.29 is 9.59 Å². The van der Waals surface area contributed by atoms with Crippen LogP contribution >= 0.6 is 11.6 Å². The Labute approximate surface area is 158 Å². The van der Waals surface area contributed by atoms with E-state index in [2.05, 4.69) is 5.10 Å². The first kappa shape index (κ1) is 18.5. The number of aromatic nitrogens is 2. The van der Waals surface area contributed by atoms with Crippen LogP contribution in [0.3, 0.4) is 0 Å². The highest BCUT2D eigenvalue weighted by Gasteiger charge is 2.26. The second kappa shape index (κ2) is 7.50. The molecule has 1 fully saturated rings. The largest absolute Gasteiger partial charge is 0.339 e. The SMILES string of the molecule is Cc1nn(C)c(C)c1CC(=O)N1CCN(C(=O)c2cccc(Cl)c2)CC1. The number of carbonyl (C=O) groups excluding carboxylic acids is 2. The molecule has 0 spiro atoms. The molecule has 0 N–H and O–H groups in total. The maximum Gasteiger partial charge on any atom is 0.254 e. The highest BCUT2D eigenvalue weighted by atomic mass is 35.5. The fourth-order valence-electron chi connectivity index (χ4n) is 3.30. The average Bonchev–Trinajstić information content (AvgIpc) is 2.87. The maximum atomic E-state index is 12.6. The third-order valence-corrected chi connectivity index (χ3v) is 5.21. The summed E-state index contributed by atoms with van der Waals surface area (Å²) < 4.78 is 1.81. The number of amides is 2. The van der Waals surface area contributed by atoms with E-state index >= 15 is 0 Å². The van der Waals surface area contributed by atoms with Crippen molar-refractivity contribution in [3.05, 3.63) is 51.8 Å². The molecule has 3 rings (SSSR count). The van der Waals surface area contributed by atoms with E-state index in [1.54, 1.807) is 33.8 Å². The molecule has 26 heavy (non-hydrogen) atoms. The number of carbonyl (C=O) groups is 2. The number of nitrogens with zero attached hydrogens (tertiary/aromatic N) is 4. The van der Waals surface area contributed by atoms with E-state index < -0.39 is 0 Å². The van der Waals surface area contributed by atoms with Gasteiger partial charge in [0.2, 0.25) is 5.91 Å². The topological polar surface area (TPSA) is 58.4 Å². The van der Waals surface area contributed by atoms with E-state index in [1.807, 2.05) is 25.8 Å². The van der Waals surface area contributed by atoms with Gasteiger partial charge in [-0.25, -0.2) is 0 Å². The van der Waals surface area contributed by atoms with Crippen molar-refractivity contribution in [1.29, 1.82) is 0 Å². The second-order valence-corrected chi connectivity index (χ2v) is 7.07. The molecule has 0 atom stereocenters. The number of hydrogen-bond donors (Lipinski definition) is 0. The molecule has 138 valence electrons. The summed E-state index contributed by atoms with van der Waals surface area (Å²) in [6.45, 7) is 6.05. The minimum atomic E-state index is -0.0430. The normalized spacial score (nSPS) is 14.6. The molecule has 2 amide bonds. The molecule has 2 heterocycles. The highest BCUT2D eigenvalue weighted by molar-refractivity contribution is 6.30. The Kier molecular flexibility index (Phi) is 5.32. The Morgan fingerprint density at radius 2 is 1.77 bits per heavy atom. The monoisotopic (exact) mass is 374 g/mol. The Hall–Kier alpha value is -2.34. The quantitative estimate of drug-likeness (QED) is 0.827. The second-order valence-electron chi connectivity index (χ2n) is 6.63. The molecule has 1 aromatic heterocycles. The van der Waals surface area contributed by atoms with Gasteiger partial charge in [0.15, 0.2) is 0 Å². The fourth-order valence-corrected chi connectivity index (χ4v) is 3.49. The zero-order valence-electron chi connectivity index (χ0n) is 15.3. The Balaban J connectivity index is 1.59. The molecular weight excluding hydrogens is 352 g/mol. The van der Waals surface area contributed by atoms with Crippen molar-refractivity contribution in [2.45, 2.75) is 20.3 Å². The van der Waals surface area contributed by atoms with Crippen LogP contribution in [0.4, 0.5) is 0 Å². The predicted octanol–water partition coefficient (Wildman–Crippen LogP) is 2.22. The van der Waals surface area contributed by atoms with Gasteiger partial charge in [0, 0.05) is 55.1 Å². The predicted molar refractivity (Wildman–Crippen MR) is 100 cm³/mol. The molecule has 0 bridgehead atoms. The fraction of sp³-hybridized carbons (Fsp3) is 0.421. The van der Waals surface area contributed by atoms with Crippen LogP contribution in [0.1, 0.15) is 27.3 Å². The third-order valence-electron chi connectivity index (χ3n) is 4.98. The van der Waals surface area contributed by atoms with Gasteiger partial charge in [-0.2, -0.15) is 5.10 Å². The summed E-state index contributed by atoms with van der Waals surface area (Å²) in [5.41, 5.74) is 3.49. The van der Waals surface area contributed by atoms with Crippen LogP contribution in [0, 0.1) is 13.8 Å². The molecule has 2 aromatic rings. The zero-order chi connectivity index (χ0) is 18.8. The van der Waals surface area contributed by atoms with Gasteiger partial charge in [0.1, 0.15) is 0 Å². The van der Waals surface area contributed by atoms with Crippen LogP contribution in [-0.2, 0) is 18.3 Å². The summed E-state index contributed by atoms with van der Waals surface area (Å²) in [6, 6.07) is 6.96. The van der Waals surface area contributed by atoms with Crippen LogP contribution in [0.5, 0.6) is 0 Å². The van der Waals surface area contributed by atoms with Crippen molar-refractivity contribution in [2.75, 3.05) is 26.2 Å². The molecule has 7 heteroatoms. The Morgan fingerprint density at radius 1 is 1.12 bits per heavy atom. The van der Waals surface area contributed by atoms with Gasteiger partial charge >= 0.3 is 0 Å². The van der Waals surface area contributed by atoms with Gasteiger partial charge in [-0.05, 0) is 32.0 Å². The van der Waals surface area contributed by atoms with Crippen molar-refractivity contribution in [2.24, 2.45) is 7.05 Å². The van der Waals surface area contributed by atoms with Crippen LogP contribution in [0.15, 0.2) is 24.3 Å². The van der Waals surface area contributed by atoms with Gasteiger partial charge in [-0.15, -0.1) is 0 Å². The highest BCUT2D eigenvalue weighted by Crippen LogP contribution is 2.16. The molecule has 1 aliphatic heterocycles. The number of aryl methyl sites for hydroxylation is 2. The van der Waals surface area contributed by atoms with Crippen LogP contribution in [0.2, 0.25) is 5.02 Å². The Bertz CT molecular complexity index is 838. The minimum absolute atomic E-state index is 0.0430. The number of piperazine rings is 1. The summed E-state index contributed by atoms with van der Waals surface area (Å²) in [4.78, 5) is 28.8. The summed E-state index contributed by atoms with van der Waals surface area (Å²) >= 11 is 5.97. The first-order valence-electron chi connectivity index (χ1n) is 8.68. The minimum Gasteiger partial charge on any atom is -0.339 e. The van der Waals surface area contributed by atoms with Crippen molar-refractivity contribution >= 4 is 23.4 Å². The molecule has 0 saturated carbocycles. The maximum absolute atomic E-state index is 12.6. The van der Waals surface area contributed by atoms with E-state index in [0.29, 0.717) is 43.2 Å². The first-order chi connectivity index (χ1) is 12.4. The number of hydrogen-bond acceptors (Lipinski definition) is 3. The van der Waals surface area contributed by atoms with E-state index in [1.165, 1.54) is 0 Å². The lowest BCUT2D eigenvalue weighted by molar-refractivity contribution is -0.131. The van der Waals surface area contributed by atoms with Gasteiger partial charge in [-0.1, -0.05) is 17.7 Å². The van der Waals surface area contributed by atoms with E-state index in [0.717, 1.165) is 17.0 Å². The summed E-state index contributed by atoms with van der Waals surface area (Å²) in [5, 5.41) is 4.92. The lowest BCUT2D eigenvalue weighted by Crippen LogP contribution is -2.51. The van der Waals surface area contributed by atoms with E-state index in [-0.39, 0.29) is 11.8 Å². The van der Waals surface area contributed by atoms with E-state index in [4.69, 9.17) is 11.6 Å². The molecule has 0 aliphatic carbocycles. The van der Waals surface area contributed by atoms with Crippen LogP contribution in [-0.4, -0.2) is 57.6 Å². The van der Waals surface area contributed by atoms with Crippen molar-refractivity contribution in [3.63, 3.8) is 0 Å². The summed E-state index contributed by atoms with van der Waals surface area (Å²) in [6.07, 6.45) is 0.355. The summed E-state index contributed by atoms with van der Waals surface area (Å²) in [7, 11) is 1.89. The van der Waals surface area contributed by atoms with Gasteiger partial charge in [-0.3, -0.25) is 14.3 Å². The molecule has 6 nitrogen and oxygen atoms in total. The molecule has 0 radical (unpaired) electrons. The van der Waals surface area contributed by atoms with Crippen molar-refractivity contribution in [3.8, 4) is 0 Å². The molecule has 0 unspecified atom stereocenters.